The van der Waals surface area contributed by atoms with Crippen LogP contribution in [-0.4, -0.2) is 26.2 Å². The summed E-state index contributed by atoms with van der Waals surface area (Å²) >= 11 is 4.61. The molecule has 3 atom stereocenters. The van der Waals surface area contributed by atoms with Crippen molar-refractivity contribution in [2.24, 2.45) is 11.8 Å². The van der Waals surface area contributed by atoms with Crippen LogP contribution in [0.25, 0.3) is 0 Å². The van der Waals surface area contributed by atoms with Gasteiger partial charge in [0.2, 0.25) is 8.96 Å². The smallest absolute Gasteiger partial charge is 0.209 e. The molecule has 1 aliphatic heterocycles. The van der Waals surface area contributed by atoms with Gasteiger partial charge in [0.1, 0.15) is 0 Å². The van der Waals surface area contributed by atoms with E-state index in [-0.39, 0.29) is 0 Å². The van der Waals surface area contributed by atoms with Crippen LogP contribution in [0.15, 0.2) is 0 Å². The van der Waals surface area contributed by atoms with Gasteiger partial charge in [0.15, 0.2) is 0 Å². The first kappa shape index (κ1) is 10.8. The van der Waals surface area contributed by atoms with Crippen molar-refractivity contribution in [1.82, 2.24) is 4.31 Å². The van der Waals surface area contributed by atoms with Gasteiger partial charge in [0.05, 0.1) is 0 Å². The minimum Gasteiger partial charge on any atom is -0.294 e. The van der Waals surface area contributed by atoms with Crippen molar-refractivity contribution in [3.8, 4) is 0 Å². The Balaban J connectivity index is 2.03. The topological polar surface area (TPSA) is 40.5 Å². The number of rotatable bonds is 1. The molecule has 0 radical (unpaired) electrons. The lowest BCUT2D eigenvalue weighted by Crippen LogP contribution is -2.44. The molecule has 0 aromatic heterocycles. The highest BCUT2D eigenvalue weighted by molar-refractivity contribution is 8.28. The molecule has 0 aromatic rings. The standard InChI is InChI=1S/C9H17NO2S2/c11-14(12,13)10-6-5-8-3-1-2-4-9(8)7-10/h8-9H,1-7H2,(H,11,12,13). The molecule has 0 bridgehead atoms. The largest absolute Gasteiger partial charge is 0.294 e. The summed E-state index contributed by atoms with van der Waals surface area (Å²) in [5, 5.41) is 0. The predicted octanol–water partition coefficient (Wildman–Crippen LogP) is 1.63. The lowest BCUT2D eigenvalue weighted by Gasteiger charge is -2.40. The van der Waals surface area contributed by atoms with Crippen molar-refractivity contribution < 1.29 is 8.76 Å². The number of fused-ring (bicyclic) bond motifs is 1. The van der Waals surface area contributed by atoms with Crippen LogP contribution < -0.4 is 0 Å². The summed E-state index contributed by atoms with van der Waals surface area (Å²) in [6.45, 7) is 1.45. The Labute approximate surface area is 90.5 Å². The highest BCUT2D eigenvalue weighted by Crippen LogP contribution is 2.36. The van der Waals surface area contributed by atoms with Gasteiger partial charge in [-0.2, -0.15) is 0 Å². The molecule has 82 valence electrons. The van der Waals surface area contributed by atoms with E-state index >= 15 is 0 Å². The van der Waals surface area contributed by atoms with E-state index < -0.39 is 8.96 Å². The van der Waals surface area contributed by atoms with Crippen molar-refractivity contribution in [2.75, 3.05) is 13.1 Å². The Morgan fingerprint density at radius 3 is 2.50 bits per heavy atom. The monoisotopic (exact) mass is 235 g/mol. The van der Waals surface area contributed by atoms with Crippen LogP contribution in [0, 0.1) is 11.8 Å². The molecule has 1 aliphatic carbocycles. The molecule has 1 N–H and O–H groups in total. The Hall–Kier alpha value is 0.290. The highest BCUT2D eigenvalue weighted by Gasteiger charge is 2.33. The van der Waals surface area contributed by atoms with E-state index in [1.807, 2.05) is 0 Å². The van der Waals surface area contributed by atoms with Gasteiger partial charge in [-0.15, -0.1) is 0 Å². The second-order valence-corrected chi connectivity index (χ2v) is 7.14. The molecule has 1 saturated carbocycles. The van der Waals surface area contributed by atoms with Gasteiger partial charge in [-0.3, -0.25) is 4.55 Å². The highest BCUT2D eigenvalue weighted by atomic mass is 32.8. The molecule has 3 unspecified atom stereocenters. The van der Waals surface area contributed by atoms with Crippen LogP contribution in [0.5, 0.6) is 0 Å². The van der Waals surface area contributed by atoms with Crippen LogP contribution in [0.3, 0.4) is 0 Å². The predicted molar refractivity (Wildman–Crippen MR) is 59.8 cm³/mol. The van der Waals surface area contributed by atoms with Gasteiger partial charge in [-0.25, -0.2) is 8.51 Å². The summed E-state index contributed by atoms with van der Waals surface area (Å²) in [6, 6.07) is 0. The molecule has 1 heterocycles. The molecule has 14 heavy (non-hydrogen) atoms. The van der Waals surface area contributed by atoms with E-state index in [1.54, 1.807) is 4.31 Å². The van der Waals surface area contributed by atoms with Gasteiger partial charge in [0.25, 0.3) is 0 Å². The van der Waals surface area contributed by atoms with Crippen molar-refractivity contribution in [3.05, 3.63) is 0 Å². The lowest BCUT2D eigenvalue weighted by atomic mass is 9.76. The Morgan fingerprint density at radius 1 is 1.21 bits per heavy atom. The third kappa shape index (κ3) is 2.27. The van der Waals surface area contributed by atoms with Gasteiger partial charge in [-0.1, -0.05) is 19.3 Å². The zero-order chi connectivity index (χ0) is 10.2. The molecule has 1 saturated heterocycles. The van der Waals surface area contributed by atoms with Crippen LogP contribution in [0.1, 0.15) is 32.1 Å². The fourth-order valence-corrected chi connectivity index (χ4v) is 3.90. The van der Waals surface area contributed by atoms with Crippen LogP contribution in [0.2, 0.25) is 0 Å². The molecule has 2 fully saturated rings. The molecule has 0 aromatic carbocycles. The summed E-state index contributed by atoms with van der Waals surface area (Å²) in [4.78, 5) is 0. The van der Waals surface area contributed by atoms with E-state index in [1.165, 1.54) is 25.7 Å². The van der Waals surface area contributed by atoms with Crippen molar-refractivity contribution in [1.29, 1.82) is 0 Å². The molecule has 3 nitrogen and oxygen atoms in total. The third-order valence-electron chi connectivity index (χ3n) is 3.58. The molecular weight excluding hydrogens is 218 g/mol. The van der Waals surface area contributed by atoms with E-state index in [0.717, 1.165) is 18.9 Å². The summed E-state index contributed by atoms with van der Waals surface area (Å²) in [6.07, 6.45) is 6.19. The first-order chi connectivity index (χ1) is 6.57. The molecule has 2 rings (SSSR count). The number of hydrogen-bond donors (Lipinski definition) is 1. The molecule has 2 aliphatic rings. The van der Waals surface area contributed by atoms with Gasteiger partial charge >= 0.3 is 0 Å². The average molecular weight is 235 g/mol. The number of hydrogen-bond acceptors (Lipinski definition) is 2. The van der Waals surface area contributed by atoms with E-state index in [9.17, 15) is 8.76 Å². The maximum Gasteiger partial charge on any atom is 0.209 e. The van der Waals surface area contributed by atoms with Gasteiger partial charge in [0, 0.05) is 24.3 Å². The molecule has 0 spiro atoms. The van der Waals surface area contributed by atoms with Crippen LogP contribution >= 0.6 is 0 Å². The minimum atomic E-state index is -3.11. The van der Waals surface area contributed by atoms with Crippen molar-refractivity contribution >= 4 is 20.1 Å². The summed E-state index contributed by atoms with van der Waals surface area (Å²) in [5.74, 6) is 1.41. The Morgan fingerprint density at radius 2 is 1.86 bits per heavy atom. The quantitative estimate of drug-likeness (QED) is 0.751. The minimum absolute atomic E-state index is 0.619. The zero-order valence-corrected chi connectivity index (χ0v) is 9.86. The fourth-order valence-electron chi connectivity index (χ4n) is 2.78. The SMILES string of the molecule is O=S(O)(=S)N1CCC2CCCCC2C1. The maximum atomic E-state index is 11.3. The number of piperidine rings is 1. The zero-order valence-electron chi connectivity index (χ0n) is 8.22. The van der Waals surface area contributed by atoms with Crippen LogP contribution in [0.4, 0.5) is 0 Å². The number of nitrogens with zero attached hydrogens (tertiary/aromatic N) is 1. The van der Waals surface area contributed by atoms with Crippen LogP contribution in [-0.2, 0) is 20.1 Å². The average Bonchev–Trinajstić information content (AvgIpc) is 2.16. The van der Waals surface area contributed by atoms with E-state index in [0.29, 0.717) is 12.5 Å². The molecular formula is C9H17NO2S2. The van der Waals surface area contributed by atoms with Gasteiger partial charge < -0.3 is 0 Å². The normalized spacial score (nSPS) is 38.6. The second-order valence-electron chi connectivity index (χ2n) is 4.43. The molecule has 0 amide bonds. The lowest BCUT2D eigenvalue weighted by molar-refractivity contribution is 0.135. The van der Waals surface area contributed by atoms with Crippen molar-refractivity contribution in [3.63, 3.8) is 0 Å². The summed E-state index contributed by atoms with van der Waals surface area (Å²) in [5.41, 5.74) is 0. The van der Waals surface area contributed by atoms with E-state index in [2.05, 4.69) is 11.2 Å². The summed E-state index contributed by atoms with van der Waals surface area (Å²) in [7, 11) is -3.11. The van der Waals surface area contributed by atoms with Crippen molar-refractivity contribution in [2.45, 2.75) is 32.1 Å². The Bertz CT molecular complexity index is 302. The fraction of sp³-hybridized carbons (Fsp3) is 1.00. The first-order valence-corrected chi connectivity index (χ1v) is 7.69. The summed E-state index contributed by atoms with van der Waals surface area (Å²) < 4.78 is 22.2. The second kappa shape index (κ2) is 4.04. The maximum absolute atomic E-state index is 11.3. The molecule has 5 heteroatoms. The van der Waals surface area contributed by atoms with Gasteiger partial charge in [-0.05, 0) is 24.7 Å². The van der Waals surface area contributed by atoms with E-state index in [4.69, 9.17) is 0 Å². The third-order valence-corrected chi connectivity index (χ3v) is 5.20. The Kier molecular flexibility index (Phi) is 3.12. The first-order valence-electron chi connectivity index (χ1n) is 5.30.